The number of allylic oxidation sites excluding steroid dienone is 2. The highest BCUT2D eigenvalue weighted by Gasteiger charge is 2.57. The lowest BCUT2D eigenvalue weighted by Crippen LogP contribution is -2.52. The monoisotopic (exact) mass is 334 g/mol. The molecule has 0 unspecified atom stereocenters. The summed E-state index contributed by atoms with van der Waals surface area (Å²) in [5.74, 6) is 2.38. The number of methoxy groups -OCH3 is 1. The molecule has 0 amide bonds. The zero-order valence-electron chi connectivity index (χ0n) is 15.8. The van der Waals surface area contributed by atoms with E-state index in [1.807, 2.05) is 0 Å². The van der Waals surface area contributed by atoms with Gasteiger partial charge in [0.25, 0.3) is 0 Å². The average molecular weight is 335 g/mol. The van der Waals surface area contributed by atoms with Gasteiger partial charge in [0.1, 0.15) is 0 Å². The Balaban J connectivity index is 1.86. The molecule has 3 aliphatic carbocycles. The third-order valence-corrected chi connectivity index (χ3v) is 8.32. The number of aliphatic hydroxyl groups excluding tert-OH is 1. The summed E-state index contributed by atoms with van der Waals surface area (Å²) in [7, 11) is 1.48. The van der Waals surface area contributed by atoms with Crippen LogP contribution in [0.5, 0.6) is 0 Å². The van der Waals surface area contributed by atoms with Crippen LogP contribution in [0, 0.1) is 34.5 Å². The van der Waals surface area contributed by atoms with Gasteiger partial charge in [-0.25, -0.2) is 0 Å². The molecule has 0 aromatic rings. The average Bonchev–Trinajstić information content (AvgIpc) is 2.86. The Labute approximate surface area is 146 Å². The molecule has 3 nitrogen and oxygen atoms in total. The van der Waals surface area contributed by atoms with E-state index in [9.17, 15) is 9.90 Å². The molecule has 1 N–H and O–H groups in total. The van der Waals surface area contributed by atoms with Crippen LogP contribution in [-0.4, -0.2) is 24.8 Å². The quantitative estimate of drug-likeness (QED) is 0.614. The Morgan fingerprint density at radius 2 is 2.04 bits per heavy atom. The maximum atomic E-state index is 11.9. The molecule has 0 aromatic carbocycles. The first-order valence-corrected chi connectivity index (χ1v) is 9.71. The fourth-order valence-corrected chi connectivity index (χ4v) is 6.57. The lowest BCUT2D eigenvalue weighted by Gasteiger charge is -2.58. The number of aliphatic hydroxyl groups is 1. The molecular weight excluding hydrogens is 300 g/mol. The van der Waals surface area contributed by atoms with Crippen molar-refractivity contribution in [3.63, 3.8) is 0 Å². The summed E-state index contributed by atoms with van der Waals surface area (Å²) < 4.78 is 4.95. The smallest absolute Gasteiger partial charge is 0.305 e. The van der Waals surface area contributed by atoms with E-state index in [0.717, 1.165) is 24.7 Å². The molecule has 0 aliphatic heterocycles. The van der Waals surface area contributed by atoms with Crippen LogP contribution >= 0.6 is 0 Å². The van der Waals surface area contributed by atoms with Crippen molar-refractivity contribution in [3.8, 4) is 0 Å². The van der Waals surface area contributed by atoms with Crippen LogP contribution in [0.1, 0.15) is 65.7 Å². The van der Waals surface area contributed by atoms with E-state index in [-0.39, 0.29) is 18.0 Å². The van der Waals surface area contributed by atoms with Crippen molar-refractivity contribution in [1.29, 1.82) is 0 Å². The lowest BCUT2D eigenvalue weighted by molar-refractivity contribution is -0.148. The molecule has 3 rings (SSSR count). The molecule has 6 atom stereocenters. The number of esters is 1. The molecule has 0 bridgehead atoms. The normalized spacial score (nSPS) is 44.5. The van der Waals surface area contributed by atoms with Crippen LogP contribution in [0.4, 0.5) is 0 Å². The Kier molecular flexibility index (Phi) is 4.85. The van der Waals surface area contributed by atoms with E-state index >= 15 is 0 Å². The van der Waals surface area contributed by atoms with E-state index in [0.29, 0.717) is 23.7 Å². The maximum absolute atomic E-state index is 11.9. The van der Waals surface area contributed by atoms with Gasteiger partial charge in [-0.3, -0.25) is 4.79 Å². The maximum Gasteiger partial charge on any atom is 0.305 e. The van der Waals surface area contributed by atoms with E-state index in [1.165, 1.54) is 32.8 Å². The van der Waals surface area contributed by atoms with E-state index in [1.54, 1.807) is 5.57 Å². The number of carbonyl (C=O) groups excluding carboxylic acids is 1. The van der Waals surface area contributed by atoms with E-state index in [2.05, 4.69) is 26.8 Å². The fourth-order valence-electron chi connectivity index (χ4n) is 6.57. The molecule has 136 valence electrons. The van der Waals surface area contributed by atoms with E-state index < -0.39 is 0 Å². The predicted molar refractivity (Wildman–Crippen MR) is 95.4 cm³/mol. The first kappa shape index (κ1) is 18.0. The summed E-state index contributed by atoms with van der Waals surface area (Å²) >= 11 is 0. The zero-order chi connectivity index (χ0) is 17.5. The topological polar surface area (TPSA) is 46.5 Å². The number of ether oxygens (including phenoxy) is 1. The largest absolute Gasteiger partial charge is 0.469 e. The Hall–Kier alpha value is -0.830. The van der Waals surface area contributed by atoms with Crippen molar-refractivity contribution < 1.29 is 14.6 Å². The molecular formula is C21H34O3. The van der Waals surface area contributed by atoms with Crippen molar-refractivity contribution in [3.05, 3.63) is 11.6 Å². The highest BCUT2D eigenvalue weighted by atomic mass is 16.5. The summed E-state index contributed by atoms with van der Waals surface area (Å²) in [6, 6.07) is 0. The Bertz CT molecular complexity index is 525. The highest BCUT2D eigenvalue weighted by molar-refractivity contribution is 5.69. The van der Waals surface area contributed by atoms with Gasteiger partial charge in [0, 0.05) is 13.0 Å². The standard InChI is InChI=1S/C21H34O3/c1-14-5-8-17-16-7-6-15(13-19(23)24-4)21(3,11-12-22)18(16)9-10-20(14,17)2/h5,15-18,22H,6-13H2,1-4H3/t15-,16-,17-,18-,20+,21-/m0/s1. The first-order valence-electron chi connectivity index (χ1n) is 9.71. The third kappa shape index (κ3) is 2.64. The van der Waals surface area contributed by atoms with Crippen molar-refractivity contribution in [2.24, 2.45) is 34.5 Å². The number of carbonyl (C=O) groups is 1. The molecule has 0 radical (unpaired) electrons. The zero-order valence-corrected chi connectivity index (χ0v) is 15.8. The Morgan fingerprint density at radius 3 is 2.71 bits per heavy atom. The highest BCUT2D eigenvalue weighted by Crippen LogP contribution is 2.64. The minimum atomic E-state index is -0.0957. The summed E-state index contributed by atoms with van der Waals surface area (Å²) in [5.41, 5.74) is 2.03. The summed E-state index contributed by atoms with van der Waals surface area (Å²) in [6.07, 6.45) is 9.83. The second kappa shape index (κ2) is 6.48. The number of hydrogen-bond acceptors (Lipinski definition) is 3. The molecule has 3 heteroatoms. The third-order valence-electron chi connectivity index (χ3n) is 8.32. The molecule has 0 spiro atoms. The van der Waals surface area contributed by atoms with Gasteiger partial charge < -0.3 is 9.84 Å². The van der Waals surface area contributed by atoms with Gasteiger partial charge in [0.15, 0.2) is 0 Å². The summed E-state index contributed by atoms with van der Waals surface area (Å²) in [5, 5.41) is 9.74. The molecule has 2 saturated carbocycles. The van der Waals surface area contributed by atoms with Crippen LogP contribution in [-0.2, 0) is 9.53 Å². The minimum Gasteiger partial charge on any atom is -0.469 e. The number of hydrogen-bond donors (Lipinski definition) is 1. The van der Waals surface area contributed by atoms with Crippen LogP contribution in [0.2, 0.25) is 0 Å². The number of fused-ring (bicyclic) bond motifs is 3. The molecule has 2 fully saturated rings. The van der Waals surface area contributed by atoms with Crippen LogP contribution < -0.4 is 0 Å². The fraction of sp³-hybridized carbons (Fsp3) is 0.857. The van der Waals surface area contributed by atoms with Gasteiger partial charge in [-0.2, -0.15) is 0 Å². The van der Waals surface area contributed by atoms with Gasteiger partial charge in [0.05, 0.1) is 7.11 Å². The first-order chi connectivity index (χ1) is 11.4. The SMILES string of the molecule is COC(=O)C[C@@H]1CC[C@@H]2[C@H](CC[C@]3(C)C(C)=CC[C@@H]23)[C@@]1(C)CCO. The predicted octanol–water partition coefficient (Wildman–Crippen LogP) is 4.35. The molecule has 3 aliphatic rings. The van der Waals surface area contributed by atoms with Crippen molar-refractivity contribution >= 4 is 5.97 Å². The Morgan fingerprint density at radius 1 is 1.29 bits per heavy atom. The summed E-state index contributed by atoms with van der Waals surface area (Å²) in [4.78, 5) is 11.9. The summed E-state index contributed by atoms with van der Waals surface area (Å²) in [6.45, 7) is 7.34. The van der Waals surface area contributed by atoms with Crippen LogP contribution in [0.15, 0.2) is 11.6 Å². The number of rotatable bonds is 4. The van der Waals surface area contributed by atoms with E-state index in [4.69, 9.17) is 4.74 Å². The van der Waals surface area contributed by atoms with Crippen molar-refractivity contribution in [2.75, 3.05) is 13.7 Å². The van der Waals surface area contributed by atoms with Gasteiger partial charge >= 0.3 is 5.97 Å². The second-order valence-corrected chi connectivity index (χ2v) is 8.99. The van der Waals surface area contributed by atoms with Crippen LogP contribution in [0.25, 0.3) is 0 Å². The minimum absolute atomic E-state index is 0.0592. The molecule has 0 saturated heterocycles. The van der Waals surface area contributed by atoms with Crippen molar-refractivity contribution in [2.45, 2.75) is 65.7 Å². The molecule has 0 heterocycles. The van der Waals surface area contributed by atoms with Gasteiger partial charge in [0.2, 0.25) is 0 Å². The van der Waals surface area contributed by atoms with Gasteiger partial charge in [-0.15, -0.1) is 0 Å². The second-order valence-electron chi connectivity index (χ2n) is 8.99. The molecule has 0 aromatic heterocycles. The molecule has 24 heavy (non-hydrogen) atoms. The lowest BCUT2D eigenvalue weighted by atomic mass is 9.46. The van der Waals surface area contributed by atoms with Gasteiger partial charge in [-0.05, 0) is 80.0 Å². The van der Waals surface area contributed by atoms with Crippen molar-refractivity contribution in [1.82, 2.24) is 0 Å². The van der Waals surface area contributed by atoms with Crippen LogP contribution in [0.3, 0.4) is 0 Å². The van der Waals surface area contributed by atoms with Gasteiger partial charge in [-0.1, -0.05) is 25.5 Å².